The standard InChI is InChI=1S/C24H24N2O4/c1-12-6-13(2)8-17(7-12)26-22(27)14-4-3-5-16(9-14)25-23(28)20-15-10-18-19(11-15)30-24(29)21(18)20/h3-9,15,18-21H,10-11H2,1-2H3,(H,25,28)(H,26,27)/t15-,18-,19+,20+,21-/m1/s1. The summed E-state index contributed by atoms with van der Waals surface area (Å²) in [5.41, 5.74) is 3.90. The molecule has 0 spiro atoms. The third-order valence-electron chi connectivity index (χ3n) is 6.66. The summed E-state index contributed by atoms with van der Waals surface area (Å²) in [6, 6.07) is 12.8. The number of esters is 1. The summed E-state index contributed by atoms with van der Waals surface area (Å²) in [7, 11) is 0. The summed E-state index contributed by atoms with van der Waals surface area (Å²) in [4.78, 5) is 37.8. The number of amides is 2. The van der Waals surface area contributed by atoms with Gasteiger partial charge in [-0.25, -0.2) is 0 Å². The molecule has 154 valence electrons. The molecule has 2 saturated carbocycles. The lowest BCUT2D eigenvalue weighted by atomic mass is 9.79. The van der Waals surface area contributed by atoms with E-state index in [1.54, 1.807) is 24.3 Å². The van der Waals surface area contributed by atoms with Gasteiger partial charge in [0.25, 0.3) is 5.91 Å². The summed E-state index contributed by atoms with van der Waals surface area (Å²) in [5.74, 6) is -0.888. The molecule has 0 radical (unpaired) electrons. The van der Waals surface area contributed by atoms with E-state index in [1.165, 1.54) is 0 Å². The lowest BCUT2D eigenvalue weighted by Gasteiger charge is -2.23. The van der Waals surface area contributed by atoms with Crippen LogP contribution in [0.2, 0.25) is 0 Å². The van der Waals surface area contributed by atoms with Crippen molar-refractivity contribution in [2.24, 2.45) is 23.7 Å². The van der Waals surface area contributed by atoms with Crippen molar-refractivity contribution in [1.82, 2.24) is 0 Å². The van der Waals surface area contributed by atoms with Gasteiger partial charge < -0.3 is 15.4 Å². The number of fused-ring (bicyclic) bond motifs is 1. The molecular weight excluding hydrogens is 380 g/mol. The maximum Gasteiger partial charge on any atom is 0.310 e. The Hall–Kier alpha value is -3.15. The van der Waals surface area contributed by atoms with E-state index in [9.17, 15) is 14.4 Å². The van der Waals surface area contributed by atoms with Crippen LogP contribution >= 0.6 is 0 Å². The molecular formula is C24H24N2O4. The number of ether oxygens (including phenoxy) is 1. The van der Waals surface area contributed by atoms with E-state index < -0.39 is 0 Å². The van der Waals surface area contributed by atoms with Gasteiger partial charge in [0.15, 0.2) is 0 Å². The van der Waals surface area contributed by atoms with Crippen molar-refractivity contribution in [3.63, 3.8) is 0 Å². The Labute approximate surface area is 175 Å². The second-order valence-corrected chi connectivity index (χ2v) is 8.82. The first-order valence-corrected chi connectivity index (χ1v) is 10.4. The monoisotopic (exact) mass is 404 g/mol. The Morgan fingerprint density at radius 1 is 0.967 bits per heavy atom. The normalized spacial score (nSPS) is 28.3. The van der Waals surface area contributed by atoms with Crippen molar-refractivity contribution in [2.45, 2.75) is 32.8 Å². The second-order valence-electron chi connectivity index (χ2n) is 8.82. The minimum Gasteiger partial charge on any atom is -0.462 e. The molecule has 1 heterocycles. The molecule has 5 atom stereocenters. The maximum atomic E-state index is 13.0. The van der Waals surface area contributed by atoms with Crippen LogP contribution in [0.4, 0.5) is 11.4 Å². The molecule has 2 aromatic carbocycles. The molecule has 6 heteroatoms. The molecule has 2 amide bonds. The van der Waals surface area contributed by atoms with Crippen LogP contribution in [0.25, 0.3) is 0 Å². The van der Waals surface area contributed by atoms with Gasteiger partial charge in [0.2, 0.25) is 5.91 Å². The molecule has 2 aromatic rings. The maximum absolute atomic E-state index is 13.0. The van der Waals surface area contributed by atoms with Gasteiger partial charge in [-0.15, -0.1) is 0 Å². The molecule has 3 aliphatic rings. The quantitative estimate of drug-likeness (QED) is 0.761. The molecule has 3 fully saturated rings. The fraction of sp³-hybridized carbons (Fsp3) is 0.375. The zero-order chi connectivity index (χ0) is 21.0. The van der Waals surface area contributed by atoms with Gasteiger partial charge in [-0.1, -0.05) is 12.1 Å². The van der Waals surface area contributed by atoms with Gasteiger partial charge >= 0.3 is 5.97 Å². The fourth-order valence-corrected chi connectivity index (χ4v) is 5.58. The van der Waals surface area contributed by atoms with E-state index in [2.05, 4.69) is 10.6 Å². The van der Waals surface area contributed by atoms with Crippen molar-refractivity contribution in [3.8, 4) is 0 Å². The lowest BCUT2D eigenvalue weighted by molar-refractivity contribution is -0.145. The number of hydrogen-bond acceptors (Lipinski definition) is 4. The molecule has 2 bridgehead atoms. The van der Waals surface area contributed by atoms with Gasteiger partial charge in [-0.3, -0.25) is 14.4 Å². The van der Waals surface area contributed by atoms with Crippen LogP contribution in [-0.4, -0.2) is 23.9 Å². The van der Waals surface area contributed by atoms with Crippen LogP contribution in [0.15, 0.2) is 42.5 Å². The third-order valence-corrected chi connectivity index (χ3v) is 6.66. The first-order chi connectivity index (χ1) is 14.4. The number of benzene rings is 2. The highest BCUT2D eigenvalue weighted by Crippen LogP contribution is 2.57. The summed E-state index contributed by atoms with van der Waals surface area (Å²) >= 11 is 0. The number of carbonyl (C=O) groups excluding carboxylic acids is 3. The summed E-state index contributed by atoms with van der Waals surface area (Å²) in [6.45, 7) is 3.97. The topological polar surface area (TPSA) is 84.5 Å². The number of aryl methyl sites for hydroxylation is 2. The Bertz CT molecular complexity index is 1040. The first-order valence-electron chi connectivity index (χ1n) is 10.4. The van der Waals surface area contributed by atoms with E-state index in [4.69, 9.17) is 4.74 Å². The van der Waals surface area contributed by atoms with Crippen LogP contribution in [0.1, 0.15) is 34.3 Å². The highest BCUT2D eigenvalue weighted by Gasteiger charge is 2.63. The Kier molecular flexibility index (Phi) is 4.38. The molecule has 2 N–H and O–H groups in total. The largest absolute Gasteiger partial charge is 0.462 e. The summed E-state index contributed by atoms with van der Waals surface area (Å²) < 4.78 is 5.42. The van der Waals surface area contributed by atoms with Gasteiger partial charge in [0.1, 0.15) is 6.10 Å². The van der Waals surface area contributed by atoms with Gasteiger partial charge in [0.05, 0.1) is 11.8 Å². The van der Waals surface area contributed by atoms with Crippen molar-refractivity contribution in [3.05, 3.63) is 59.2 Å². The number of nitrogens with one attached hydrogen (secondary N) is 2. The van der Waals surface area contributed by atoms with Crippen LogP contribution < -0.4 is 10.6 Å². The van der Waals surface area contributed by atoms with Crippen LogP contribution in [0.3, 0.4) is 0 Å². The molecule has 1 aliphatic heterocycles. The molecule has 30 heavy (non-hydrogen) atoms. The average Bonchev–Trinajstić information content (AvgIpc) is 3.30. The van der Waals surface area contributed by atoms with Crippen molar-refractivity contribution >= 4 is 29.2 Å². The van der Waals surface area contributed by atoms with Gasteiger partial charge in [-0.05, 0) is 74.1 Å². The van der Waals surface area contributed by atoms with E-state index in [1.807, 2.05) is 32.0 Å². The average molecular weight is 404 g/mol. The van der Waals surface area contributed by atoms with E-state index in [0.717, 1.165) is 29.7 Å². The number of anilines is 2. The third kappa shape index (κ3) is 3.16. The predicted octanol–water partition coefficient (Wildman–Crippen LogP) is 3.69. The molecule has 0 unspecified atom stereocenters. The second kappa shape index (κ2) is 6.97. The zero-order valence-electron chi connectivity index (χ0n) is 17.0. The molecule has 5 rings (SSSR count). The van der Waals surface area contributed by atoms with Crippen molar-refractivity contribution in [1.29, 1.82) is 0 Å². The molecule has 1 saturated heterocycles. The molecule has 6 nitrogen and oxygen atoms in total. The highest BCUT2D eigenvalue weighted by atomic mass is 16.6. The van der Waals surface area contributed by atoms with E-state index in [-0.39, 0.29) is 47.6 Å². The molecule has 2 aliphatic carbocycles. The van der Waals surface area contributed by atoms with Gasteiger partial charge in [-0.2, -0.15) is 0 Å². The number of carbonyl (C=O) groups is 3. The first kappa shape index (κ1) is 18.9. The Morgan fingerprint density at radius 3 is 2.50 bits per heavy atom. The van der Waals surface area contributed by atoms with Crippen LogP contribution in [0.5, 0.6) is 0 Å². The van der Waals surface area contributed by atoms with E-state index in [0.29, 0.717) is 11.3 Å². The van der Waals surface area contributed by atoms with Crippen molar-refractivity contribution in [2.75, 3.05) is 10.6 Å². The predicted molar refractivity (Wildman–Crippen MR) is 112 cm³/mol. The van der Waals surface area contributed by atoms with Crippen LogP contribution in [0, 0.1) is 37.5 Å². The minimum absolute atomic E-state index is 0.00818. The fourth-order valence-electron chi connectivity index (χ4n) is 5.58. The Balaban J connectivity index is 1.30. The SMILES string of the molecule is Cc1cc(C)cc(NC(=O)c2cccc(NC(=O)[C@H]3[C@@H]4C[C@H]5[C@H]3C(=O)O[C@H]5C4)c2)c1. The Morgan fingerprint density at radius 2 is 1.73 bits per heavy atom. The highest BCUT2D eigenvalue weighted by molar-refractivity contribution is 6.05. The summed E-state index contributed by atoms with van der Waals surface area (Å²) in [6.07, 6.45) is 1.68. The summed E-state index contributed by atoms with van der Waals surface area (Å²) in [5, 5.41) is 5.83. The van der Waals surface area contributed by atoms with Crippen molar-refractivity contribution < 1.29 is 19.1 Å². The lowest BCUT2D eigenvalue weighted by Crippen LogP contribution is -2.35. The van der Waals surface area contributed by atoms with Crippen LogP contribution in [-0.2, 0) is 14.3 Å². The van der Waals surface area contributed by atoms with Gasteiger partial charge in [0, 0.05) is 22.9 Å². The minimum atomic E-state index is -0.339. The zero-order valence-corrected chi connectivity index (χ0v) is 17.0. The van der Waals surface area contributed by atoms with E-state index >= 15 is 0 Å². The molecule has 0 aromatic heterocycles. The number of rotatable bonds is 4. The number of hydrogen-bond donors (Lipinski definition) is 2. The smallest absolute Gasteiger partial charge is 0.310 e.